The van der Waals surface area contributed by atoms with E-state index in [4.69, 9.17) is 4.74 Å². The Morgan fingerprint density at radius 3 is 2.26 bits per heavy atom. The third-order valence-electron chi connectivity index (χ3n) is 3.93. The molecule has 2 rings (SSSR count). The molecule has 2 aromatic carbocycles. The Morgan fingerprint density at radius 2 is 1.70 bits per heavy atom. The Morgan fingerprint density at radius 1 is 1.04 bits per heavy atom. The molecule has 0 fully saturated rings. The molecule has 0 bridgehead atoms. The number of ether oxygens (including phenoxy) is 1. The van der Waals surface area contributed by atoms with E-state index in [1.165, 1.54) is 5.56 Å². The second-order valence-electron chi connectivity index (χ2n) is 5.65. The van der Waals surface area contributed by atoms with E-state index in [9.17, 15) is 4.79 Å². The highest BCUT2D eigenvalue weighted by Gasteiger charge is 2.20. The van der Waals surface area contributed by atoms with Crippen molar-refractivity contribution in [3.05, 3.63) is 65.7 Å². The first-order valence-electron chi connectivity index (χ1n) is 8.25. The molecule has 1 N–H and O–H groups in total. The number of nitrogens with one attached hydrogen (secondary N) is 1. The van der Waals surface area contributed by atoms with Crippen LogP contribution >= 0.6 is 0 Å². The predicted molar refractivity (Wildman–Crippen MR) is 93.5 cm³/mol. The summed E-state index contributed by atoms with van der Waals surface area (Å²) in [6.07, 6.45) is 1.14. The second kappa shape index (κ2) is 8.37. The zero-order valence-electron chi connectivity index (χ0n) is 14.1. The molecule has 0 aliphatic rings. The molecular weight excluding hydrogens is 286 g/mol. The van der Waals surface area contributed by atoms with Crippen molar-refractivity contribution in [2.45, 2.75) is 45.8 Å². The van der Waals surface area contributed by atoms with Gasteiger partial charge in [0.25, 0.3) is 5.91 Å². The van der Waals surface area contributed by atoms with Gasteiger partial charge in [0.05, 0.1) is 6.04 Å². The van der Waals surface area contributed by atoms with E-state index in [2.05, 4.69) is 12.2 Å². The summed E-state index contributed by atoms with van der Waals surface area (Å²) in [5.74, 6) is 0.653. The molecule has 0 aliphatic heterocycles. The fourth-order valence-electron chi connectivity index (χ4n) is 2.42. The topological polar surface area (TPSA) is 38.3 Å². The Balaban J connectivity index is 1.97. The van der Waals surface area contributed by atoms with Gasteiger partial charge in [-0.05, 0) is 43.0 Å². The average molecular weight is 311 g/mol. The number of rotatable bonds is 7. The monoisotopic (exact) mass is 311 g/mol. The Kier molecular flexibility index (Phi) is 6.21. The van der Waals surface area contributed by atoms with Crippen molar-refractivity contribution >= 4 is 5.91 Å². The lowest BCUT2D eigenvalue weighted by molar-refractivity contribution is -0.128. The van der Waals surface area contributed by atoms with Crippen molar-refractivity contribution in [2.24, 2.45) is 0 Å². The molecule has 1 unspecified atom stereocenters. The SMILES string of the molecule is CCc1ccc(OC(CC)C(=O)N[C@H](C)c2ccccc2)cc1. The molecule has 2 atom stereocenters. The molecule has 1 amide bonds. The maximum absolute atomic E-state index is 12.4. The van der Waals surface area contributed by atoms with Crippen LogP contribution in [0.4, 0.5) is 0 Å². The first kappa shape index (κ1) is 17.1. The molecule has 3 nitrogen and oxygen atoms in total. The predicted octanol–water partition coefficient (Wildman–Crippen LogP) is 4.28. The van der Waals surface area contributed by atoms with Gasteiger partial charge in [-0.2, -0.15) is 0 Å². The largest absolute Gasteiger partial charge is 0.481 e. The van der Waals surface area contributed by atoms with Crippen LogP contribution in [-0.2, 0) is 11.2 Å². The lowest BCUT2D eigenvalue weighted by Crippen LogP contribution is -2.39. The average Bonchev–Trinajstić information content (AvgIpc) is 2.60. The van der Waals surface area contributed by atoms with Crippen LogP contribution in [-0.4, -0.2) is 12.0 Å². The van der Waals surface area contributed by atoms with Crippen LogP contribution in [0.5, 0.6) is 5.75 Å². The number of carbonyl (C=O) groups excluding carboxylic acids is 1. The van der Waals surface area contributed by atoms with Crippen LogP contribution in [0.25, 0.3) is 0 Å². The molecule has 0 aliphatic carbocycles. The molecule has 2 aromatic rings. The van der Waals surface area contributed by atoms with E-state index in [1.807, 2.05) is 68.4 Å². The third-order valence-corrected chi connectivity index (χ3v) is 3.93. The van der Waals surface area contributed by atoms with Crippen LogP contribution in [0, 0.1) is 0 Å². The summed E-state index contributed by atoms with van der Waals surface area (Å²) in [7, 11) is 0. The van der Waals surface area contributed by atoms with E-state index >= 15 is 0 Å². The zero-order valence-corrected chi connectivity index (χ0v) is 14.1. The smallest absolute Gasteiger partial charge is 0.261 e. The van der Waals surface area contributed by atoms with Gasteiger partial charge >= 0.3 is 0 Å². The number of amides is 1. The molecule has 0 heterocycles. The van der Waals surface area contributed by atoms with Gasteiger partial charge in [0, 0.05) is 0 Å². The van der Waals surface area contributed by atoms with Gasteiger partial charge in [0.1, 0.15) is 5.75 Å². The first-order valence-corrected chi connectivity index (χ1v) is 8.25. The summed E-state index contributed by atoms with van der Waals surface area (Å²) in [5, 5.41) is 3.03. The molecule has 0 saturated heterocycles. The highest BCUT2D eigenvalue weighted by Crippen LogP contribution is 2.17. The molecule has 0 aromatic heterocycles. The minimum atomic E-state index is -0.478. The summed E-state index contributed by atoms with van der Waals surface area (Å²) in [6, 6.07) is 17.8. The standard InChI is InChI=1S/C20H25NO2/c1-4-16-11-13-18(14-12-16)23-19(5-2)20(22)21-15(3)17-9-7-6-8-10-17/h6-15,19H,4-5H2,1-3H3,(H,21,22)/t15-,19?/m1/s1. The van der Waals surface area contributed by atoms with Gasteiger partial charge < -0.3 is 10.1 Å². The van der Waals surface area contributed by atoms with Gasteiger partial charge in [0.15, 0.2) is 6.10 Å². The number of hydrogen-bond acceptors (Lipinski definition) is 2. The highest BCUT2D eigenvalue weighted by atomic mass is 16.5. The summed E-state index contributed by atoms with van der Waals surface area (Å²) in [4.78, 5) is 12.4. The summed E-state index contributed by atoms with van der Waals surface area (Å²) in [6.45, 7) is 6.05. The first-order chi connectivity index (χ1) is 11.1. The van der Waals surface area contributed by atoms with Gasteiger partial charge in [-0.25, -0.2) is 0 Å². The lowest BCUT2D eigenvalue weighted by atomic mass is 10.1. The maximum Gasteiger partial charge on any atom is 0.261 e. The van der Waals surface area contributed by atoms with Gasteiger partial charge in [0.2, 0.25) is 0 Å². The second-order valence-corrected chi connectivity index (χ2v) is 5.65. The van der Waals surface area contributed by atoms with Crippen LogP contribution in [0.3, 0.4) is 0 Å². The van der Waals surface area contributed by atoms with E-state index in [0.29, 0.717) is 6.42 Å². The normalized spacial score (nSPS) is 13.2. The van der Waals surface area contributed by atoms with E-state index < -0.39 is 6.10 Å². The van der Waals surface area contributed by atoms with Gasteiger partial charge in [-0.3, -0.25) is 4.79 Å². The minimum absolute atomic E-state index is 0.0381. The molecule has 0 radical (unpaired) electrons. The fraction of sp³-hybridized carbons (Fsp3) is 0.350. The number of carbonyl (C=O) groups is 1. The summed E-state index contributed by atoms with van der Waals surface area (Å²) < 4.78 is 5.85. The molecule has 3 heteroatoms. The van der Waals surface area contributed by atoms with Crippen LogP contribution in [0.1, 0.15) is 44.4 Å². The van der Waals surface area contributed by atoms with Crippen LogP contribution in [0.15, 0.2) is 54.6 Å². The zero-order chi connectivity index (χ0) is 16.7. The molecule has 0 saturated carbocycles. The minimum Gasteiger partial charge on any atom is -0.481 e. The van der Waals surface area contributed by atoms with Crippen LogP contribution < -0.4 is 10.1 Å². The van der Waals surface area contributed by atoms with Crippen LogP contribution in [0.2, 0.25) is 0 Å². The number of aryl methyl sites for hydroxylation is 1. The third kappa shape index (κ3) is 4.85. The summed E-state index contributed by atoms with van der Waals surface area (Å²) >= 11 is 0. The highest BCUT2D eigenvalue weighted by molar-refractivity contribution is 5.81. The van der Waals surface area contributed by atoms with Crippen molar-refractivity contribution in [3.63, 3.8) is 0 Å². The number of benzene rings is 2. The fourth-order valence-corrected chi connectivity index (χ4v) is 2.42. The van der Waals surface area contributed by atoms with E-state index in [0.717, 1.165) is 17.7 Å². The van der Waals surface area contributed by atoms with Crippen molar-refractivity contribution < 1.29 is 9.53 Å². The van der Waals surface area contributed by atoms with Crippen molar-refractivity contribution in [1.29, 1.82) is 0 Å². The van der Waals surface area contributed by atoms with Gasteiger partial charge in [-0.1, -0.05) is 56.3 Å². The Bertz CT molecular complexity index is 607. The van der Waals surface area contributed by atoms with E-state index in [-0.39, 0.29) is 11.9 Å². The van der Waals surface area contributed by atoms with Gasteiger partial charge in [-0.15, -0.1) is 0 Å². The molecular formula is C20H25NO2. The molecule has 23 heavy (non-hydrogen) atoms. The van der Waals surface area contributed by atoms with Crippen molar-refractivity contribution in [3.8, 4) is 5.75 Å². The quantitative estimate of drug-likeness (QED) is 0.828. The summed E-state index contributed by atoms with van der Waals surface area (Å²) in [5.41, 5.74) is 2.34. The number of hydrogen-bond donors (Lipinski definition) is 1. The van der Waals surface area contributed by atoms with E-state index in [1.54, 1.807) is 0 Å². The maximum atomic E-state index is 12.4. The molecule has 122 valence electrons. The van der Waals surface area contributed by atoms with Crippen molar-refractivity contribution in [1.82, 2.24) is 5.32 Å². The Labute approximate surface area is 138 Å². The Hall–Kier alpha value is -2.29. The van der Waals surface area contributed by atoms with Crippen molar-refractivity contribution in [2.75, 3.05) is 0 Å². The lowest BCUT2D eigenvalue weighted by Gasteiger charge is -2.21. The molecule has 0 spiro atoms.